The molecule has 0 unspecified atom stereocenters. The highest BCUT2D eigenvalue weighted by molar-refractivity contribution is 9.10. The highest BCUT2D eigenvalue weighted by Gasteiger charge is 2.08. The molecule has 0 fully saturated rings. The average molecular weight is 358 g/mol. The van der Waals surface area contributed by atoms with Crippen LogP contribution in [0.2, 0.25) is 5.02 Å². The molecule has 20 heavy (non-hydrogen) atoms. The molecule has 0 atom stereocenters. The summed E-state index contributed by atoms with van der Waals surface area (Å²) in [6.07, 6.45) is 0. The zero-order valence-corrected chi connectivity index (χ0v) is 12.6. The zero-order valence-electron chi connectivity index (χ0n) is 10.3. The molecule has 0 spiro atoms. The van der Waals surface area contributed by atoms with Crippen molar-refractivity contribution in [2.24, 2.45) is 5.73 Å². The lowest BCUT2D eigenvalue weighted by Crippen LogP contribution is -2.11. The summed E-state index contributed by atoms with van der Waals surface area (Å²) in [6, 6.07) is 9.51. The van der Waals surface area contributed by atoms with Gasteiger partial charge in [0.15, 0.2) is 0 Å². The topological polar surface area (TPSA) is 55.1 Å². The Morgan fingerprint density at radius 3 is 2.70 bits per heavy atom. The van der Waals surface area contributed by atoms with Crippen LogP contribution < -0.4 is 11.1 Å². The number of amides is 1. The predicted octanol–water partition coefficient (Wildman–Crippen LogP) is 3.95. The van der Waals surface area contributed by atoms with E-state index >= 15 is 0 Å². The van der Waals surface area contributed by atoms with E-state index in [4.69, 9.17) is 17.3 Å². The highest BCUT2D eigenvalue weighted by atomic mass is 79.9. The SMILES string of the molecule is NC(=O)c1ccc(NCc2cc(Br)ccc2F)cc1Cl. The molecular formula is C14H11BrClFN2O. The number of halogens is 3. The molecule has 0 saturated heterocycles. The third kappa shape index (κ3) is 3.49. The molecule has 2 aromatic rings. The van der Waals surface area contributed by atoms with Gasteiger partial charge in [0.05, 0.1) is 10.6 Å². The van der Waals surface area contributed by atoms with E-state index in [2.05, 4.69) is 21.2 Å². The van der Waals surface area contributed by atoms with Crippen LogP contribution >= 0.6 is 27.5 Å². The number of carbonyl (C=O) groups excluding carboxylic acids is 1. The van der Waals surface area contributed by atoms with Crippen molar-refractivity contribution in [3.8, 4) is 0 Å². The molecule has 0 aliphatic heterocycles. The van der Waals surface area contributed by atoms with E-state index in [1.165, 1.54) is 12.1 Å². The molecule has 0 bridgehead atoms. The predicted molar refractivity (Wildman–Crippen MR) is 81.4 cm³/mol. The van der Waals surface area contributed by atoms with E-state index in [0.29, 0.717) is 17.8 Å². The van der Waals surface area contributed by atoms with Crippen LogP contribution in [0.3, 0.4) is 0 Å². The fourth-order valence-corrected chi connectivity index (χ4v) is 2.38. The molecule has 0 saturated carbocycles. The van der Waals surface area contributed by atoms with E-state index in [9.17, 15) is 9.18 Å². The Labute approximate surface area is 129 Å². The summed E-state index contributed by atoms with van der Waals surface area (Å²) in [7, 11) is 0. The number of carbonyl (C=O) groups is 1. The third-order valence-electron chi connectivity index (χ3n) is 2.73. The number of benzene rings is 2. The van der Waals surface area contributed by atoms with Crippen LogP contribution in [0.5, 0.6) is 0 Å². The van der Waals surface area contributed by atoms with Gasteiger partial charge in [-0.25, -0.2) is 4.39 Å². The maximum Gasteiger partial charge on any atom is 0.250 e. The van der Waals surface area contributed by atoms with Gasteiger partial charge in [-0.1, -0.05) is 27.5 Å². The second-order valence-corrected chi connectivity index (χ2v) is 5.47. The number of hydrogen-bond donors (Lipinski definition) is 2. The standard InChI is InChI=1S/C14H11BrClFN2O/c15-9-1-4-13(17)8(5-9)7-19-10-2-3-11(14(18)20)12(16)6-10/h1-6,19H,7H2,(H2,18,20). The van der Waals surface area contributed by atoms with Gasteiger partial charge in [-0.15, -0.1) is 0 Å². The highest BCUT2D eigenvalue weighted by Crippen LogP contribution is 2.22. The first-order valence-corrected chi connectivity index (χ1v) is 6.91. The van der Waals surface area contributed by atoms with E-state index in [1.54, 1.807) is 24.3 Å². The van der Waals surface area contributed by atoms with Crippen molar-refractivity contribution in [3.63, 3.8) is 0 Å². The van der Waals surface area contributed by atoms with Crippen LogP contribution in [0, 0.1) is 5.82 Å². The van der Waals surface area contributed by atoms with Crippen molar-refractivity contribution < 1.29 is 9.18 Å². The Balaban J connectivity index is 2.13. The quantitative estimate of drug-likeness (QED) is 0.870. The van der Waals surface area contributed by atoms with Gasteiger partial charge in [-0.05, 0) is 36.4 Å². The van der Waals surface area contributed by atoms with Gasteiger partial charge in [-0.3, -0.25) is 4.79 Å². The maximum atomic E-state index is 13.6. The summed E-state index contributed by atoms with van der Waals surface area (Å²) in [5.74, 6) is -0.875. The summed E-state index contributed by atoms with van der Waals surface area (Å²) in [5, 5.41) is 3.30. The Kier molecular flexibility index (Phi) is 4.62. The van der Waals surface area contributed by atoms with Crippen LogP contribution in [0.1, 0.15) is 15.9 Å². The Morgan fingerprint density at radius 2 is 2.05 bits per heavy atom. The maximum absolute atomic E-state index is 13.6. The van der Waals surface area contributed by atoms with Gasteiger partial charge in [-0.2, -0.15) is 0 Å². The van der Waals surface area contributed by atoms with Crippen molar-refractivity contribution in [1.82, 2.24) is 0 Å². The van der Waals surface area contributed by atoms with Crippen molar-refractivity contribution in [2.45, 2.75) is 6.54 Å². The molecule has 0 heterocycles. The van der Waals surface area contributed by atoms with E-state index in [-0.39, 0.29) is 16.4 Å². The smallest absolute Gasteiger partial charge is 0.250 e. The van der Waals surface area contributed by atoms with Gasteiger partial charge in [0.1, 0.15) is 5.82 Å². The van der Waals surface area contributed by atoms with E-state index in [1.807, 2.05) is 0 Å². The second kappa shape index (κ2) is 6.24. The molecule has 3 N–H and O–H groups in total. The first-order valence-electron chi connectivity index (χ1n) is 5.74. The molecule has 0 radical (unpaired) electrons. The van der Waals surface area contributed by atoms with Crippen LogP contribution in [0.15, 0.2) is 40.9 Å². The number of nitrogens with two attached hydrogens (primary N) is 1. The summed E-state index contributed by atoms with van der Waals surface area (Å²) in [6.45, 7) is 0.303. The molecular weight excluding hydrogens is 347 g/mol. The minimum absolute atomic E-state index is 0.255. The van der Waals surface area contributed by atoms with Crippen LogP contribution in [-0.4, -0.2) is 5.91 Å². The monoisotopic (exact) mass is 356 g/mol. The van der Waals surface area contributed by atoms with Gasteiger partial charge >= 0.3 is 0 Å². The minimum atomic E-state index is -0.584. The van der Waals surface area contributed by atoms with E-state index < -0.39 is 5.91 Å². The number of hydrogen-bond acceptors (Lipinski definition) is 2. The molecule has 3 nitrogen and oxygen atoms in total. The fraction of sp³-hybridized carbons (Fsp3) is 0.0714. The first kappa shape index (κ1) is 14.8. The average Bonchev–Trinajstić information content (AvgIpc) is 2.39. The van der Waals surface area contributed by atoms with Gasteiger partial charge in [0.25, 0.3) is 0 Å². The zero-order chi connectivity index (χ0) is 14.7. The lowest BCUT2D eigenvalue weighted by Gasteiger charge is -2.09. The molecule has 2 aromatic carbocycles. The Hall–Kier alpha value is -1.59. The largest absolute Gasteiger partial charge is 0.381 e. The van der Waals surface area contributed by atoms with Crippen molar-refractivity contribution >= 4 is 39.1 Å². The van der Waals surface area contributed by atoms with Crippen molar-refractivity contribution in [3.05, 3.63) is 62.8 Å². The van der Waals surface area contributed by atoms with Crippen LogP contribution in [0.4, 0.5) is 10.1 Å². The third-order valence-corrected chi connectivity index (χ3v) is 3.53. The molecule has 104 valence electrons. The van der Waals surface area contributed by atoms with E-state index in [0.717, 1.165) is 4.47 Å². The summed E-state index contributed by atoms with van der Waals surface area (Å²) < 4.78 is 14.4. The number of rotatable bonds is 4. The van der Waals surface area contributed by atoms with Crippen LogP contribution in [-0.2, 0) is 6.54 Å². The van der Waals surface area contributed by atoms with Gasteiger partial charge in [0.2, 0.25) is 5.91 Å². The summed E-state index contributed by atoms with van der Waals surface area (Å²) in [4.78, 5) is 11.1. The molecule has 1 amide bonds. The lowest BCUT2D eigenvalue weighted by molar-refractivity contribution is 0.100. The summed E-state index contributed by atoms with van der Waals surface area (Å²) in [5.41, 5.74) is 6.63. The molecule has 0 aliphatic rings. The number of anilines is 1. The normalized spacial score (nSPS) is 10.3. The summed E-state index contributed by atoms with van der Waals surface area (Å²) >= 11 is 9.23. The molecule has 0 aliphatic carbocycles. The minimum Gasteiger partial charge on any atom is -0.381 e. The molecule has 6 heteroatoms. The van der Waals surface area contributed by atoms with Gasteiger partial charge in [0, 0.05) is 22.3 Å². The molecule has 2 rings (SSSR count). The first-order chi connectivity index (χ1) is 9.47. The Morgan fingerprint density at radius 1 is 1.30 bits per heavy atom. The van der Waals surface area contributed by atoms with Crippen molar-refractivity contribution in [1.29, 1.82) is 0 Å². The fourth-order valence-electron chi connectivity index (χ4n) is 1.70. The number of nitrogens with one attached hydrogen (secondary N) is 1. The van der Waals surface area contributed by atoms with Crippen LogP contribution in [0.25, 0.3) is 0 Å². The van der Waals surface area contributed by atoms with Crippen molar-refractivity contribution in [2.75, 3.05) is 5.32 Å². The van der Waals surface area contributed by atoms with Gasteiger partial charge < -0.3 is 11.1 Å². The number of primary amides is 1. The molecule has 0 aromatic heterocycles. The lowest BCUT2D eigenvalue weighted by atomic mass is 10.1. The Bertz CT molecular complexity index is 664. The second-order valence-electron chi connectivity index (χ2n) is 4.15.